The van der Waals surface area contributed by atoms with E-state index < -0.39 is 0 Å². The molecule has 20 heavy (non-hydrogen) atoms. The summed E-state index contributed by atoms with van der Waals surface area (Å²) in [7, 11) is 0. The van der Waals surface area contributed by atoms with Gasteiger partial charge in [-0.3, -0.25) is 10.1 Å². The molecule has 0 saturated carbocycles. The Labute approximate surface area is 128 Å². The standard InChI is InChI=1S/C14H12BrN3OS/c1-2-8-3-4-10-12(5-8)20-14(17-10)18-13(19)11-6-9(15)7-16-11/h3-7,16H,2H2,1H3,(H,17,18,19). The van der Waals surface area contributed by atoms with E-state index in [9.17, 15) is 4.79 Å². The van der Waals surface area contributed by atoms with Crippen LogP contribution in [0.2, 0.25) is 0 Å². The number of fused-ring (bicyclic) bond motifs is 1. The molecule has 0 spiro atoms. The third-order valence-electron chi connectivity index (χ3n) is 2.97. The van der Waals surface area contributed by atoms with Crippen molar-refractivity contribution in [3.05, 3.63) is 46.2 Å². The van der Waals surface area contributed by atoms with E-state index in [1.165, 1.54) is 16.9 Å². The molecule has 0 aliphatic heterocycles. The minimum atomic E-state index is -0.189. The van der Waals surface area contributed by atoms with Gasteiger partial charge in [-0.25, -0.2) is 4.98 Å². The highest BCUT2D eigenvalue weighted by atomic mass is 79.9. The molecule has 3 rings (SSSR count). The minimum Gasteiger partial charge on any atom is -0.356 e. The smallest absolute Gasteiger partial charge is 0.273 e. The number of nitrogens with one attached hydrogen (secondary N) is 2. The van der Waals surface area contributed by atoms with Gasteiger partial charge in [-0.15, -0.1) is 0 Å². The second-order valence-corrected chi connectivity index (χ2v) is 6.31. The van der Waals surface area contributed by atoms with Crippen LogP contribution in [0.15, 0.2) is 34.9 Å². The summed E-state index contributed by atoms with van der Waals surface area (Å²) >= 11 is 4.79. The molecule has 2 heterocycles. The lowest BCUT2D eigenvalue weighted by atomic mass is 10.2. The van der Waals surface area contributed by atoms with Crippen molar-refractivity contribution in [2.24, 2.45) is 0 Å². The molecule has 0 fully saturated rings. The highest BCUT2D eigenvalue weighted by Crippen LogP contribution is 2.27. The summed E-state index contributed by atoms with van der Waals surface area (Å²) < 4.78 is 1.94. The van der Waals surface area contributed by atoms with Gasteiger partial charge in [0.05, 0.1) is 10.2 Å². The monoisotopic (exact) mass is 349 g/mol. The molecule has 1 amide bonds. The molecule has 4 nitrogen and oxygen atoms in total. The fraction of sp³-hybridized carbons (Fsp3) is 0.143. The van der Waals surface area contributed by atoms with Gasteiger partial charge >= 0.3 is 0 Å². The van der Waals surface area contributed by atoms with Crippen LogP contribution in [0.25, 0.3) is 10.2 Å². The number of carbonyl (C=O) groups is 1. The van der Waals surface area contributed by atoms with Gasteiger partial charge in [-0.1, -0.05) is 24.3 Å². The third-order valence-corrected chi connectivity index (χ3v) is 4.37. The molecular formula is C14H12BrN3OS. The van der Waals surface area contributed by atoms with E-state index in [1.54, 1.807) is 12.3 Å². The fourth-order valence-corrected chi connectivity index (χ4v) is 3.17. The van der Waals surface area contributed by atoms with Crippen LogP contribution in [-0.2, 0) is 6.42 Å². The molecule has 2 aromatic heterocycles. The number of hydrogen-bond donors (Lipinski definition) is 2. The van der Waals surface area contributed by atoms with E-state index in [2.05, 4.69) is 50.3 Å². The molecule has 0 bridgehead atoms. The number of aromatic amines is 1. The van der Waals surface area contributed by atoms with Crippen LogP contribution in [0.3, 0.4) is 0 Å². The molecule has 3 aromatic rings. The summed E-state index contributed by atoms with van der Waals surface area (Å²) in [5, 5.41) is 3.43. The Morgan fingerprint density at radius 2 is 2.30 bits per heavy atom. The SMILES string of the molecule is CCc1ccc2nc(NC(=O)c3cc(Br)c[nH]3)sc2c1. The van der Waals surface area contributed by atoms with Crippen LogP contribution in [0.1, 0.15) is 23.0 Å². The van der Waals surface area contributed by atoms with Crippen LogP contribution >= 0.6 is 27.3 Å². The van der Waals surface area contributed by atoms with E-state index in [-0.39, 0.29) is 5.91 Å². The first-order valence-electron chi connectivity index (χ1n) is 6.20. The normalized spacial score (nSPS) is 10.9. The predicted molar refractivity (Wildman–Crippen MR) is 85.4 cm³/mol. The van der Waals surface area contributed by atoms with E-state index >= 15 is 0 Å². The van der Waals surface area contributed by atoms with E-state index in [1.807, 2.05) is 6.07 Å². The summed E-state index contributed by atoms with van der Waals surface area (Å²) in [5.74, 6) is -0.189. The number of aryl methyl sites for hydroxylation is 1. The summed E-state index contributed by atoms with van der Waals surface area (Å²) in [5.41, 5.74) is 2.69. The maximum Gasteiger partial charge on any atom is 0.273 e. The molecule has 0 atom stereocenters. The third kappa shape index (κ3) is 2.62. The van der Waals surface area contributed by atoms with E-state index in [0.29, 0.717) is 10.8 Å². The minimum absolute atomic E-state index is 0.189. The van der Waals surface area contributed by atoms with Crippen molar-refractivity contribution in [3.63, 3.8) is 0 Å². The van der Waals surface area contributed by atoms with Crippen molar-refractivity contribution in [3.8, 4) is 0 Å². The number of H-pyrrole nitrogens is 1. The zero-order valence-electron chi connectivity index (χ0n) is 10.7. The van der Waals surface area contributed by atoms with Gasteiger partial charge in [-0.05, 0) is 46.1 Å². The van der Waals surface area contributed by atoms with Gasteiger partial charge in [0, 0.05) is 10.7 Å². The number of rotatable bonds is 3. The number of hydrogen-bond acceptors (Lipinski definition) is 3. The lowest BCUT2D eigenvalue weighted by molar-refractivity contribution is 0.102. The Hall–Kier alpha value is -1.66. The zero-order valence-corrected chi connectivity index (χ0v) is 13.1. The Morgan fingerprint density at radius 1 is 1.45 bits per heavy atom. The van der Waals surface area contributed by atoms with Crippen molar-refractivity contribution in [2.75, 3.05) is 5.32 Å². The molecule has 0 radical (unpaired) electrons. The van der Waals surface area contributed by atoms with Crippen molar-refractivity contribution >= 4 is 48.5 Å². The molecule has 0 aliphatic rings. The van der Waals surface area contributed by atoms with Gasteiger partial charge in [0.2, 0.25) is 0 Å². The largest absolute Gasteiger partial charge is 0.356 e. The maximum absolute atomic E-state index is 12.0. The molecule has 102 valence electrons. The Bertz CT molecular complexity index is 778. The number of thiazole rings is 1. The number of nitrogens with zero attached hydrogens (tertiary/aromatic N) is 1. The van der Waals surface area contributed by atoms with Gasteiger partial charge in [0.1, 0.15) is 5.69 Å². The van der Waals surface area contributed by atoms with Crippen LogP contribution in [0.4, 0.5) is 5.13 Å². The number of benzene rings is 1. The second-order valence-electron chi connectivity index (χ2n) is 4.36. The van der Waals surface area contributed by atoms with Crippen molar-refractivity contribution in [2.45, 2.75) is 13.3 Å². The quantitative estimate of drug-likeness (QED) is 0.744. The Morgan fingerprint density at radius 3 is 3.00 bits per heavy atom. The van der Waals surface area contributed by atoms with Crippen molar-refractivity contribution in [1.82, 2.24) is 9.97 Å². The highest BCUT2D eigenvalue weighted by Gasteiger charge is 2.11. The average molecular weight is 350 g/mol. The number of aromatic nitrogens is 2. The average Bonchev–Trinajstić information content (AvgIpc) is 3.03. The van der Waals surface area contributed by atoms with Crippen molar-refractivity contribution in [1.29, 1.82) is 0 Å². The highest BCUT2D eigenvalue weighted by molar-refractivity contribution is 9.10. The topological polar surface area (TPSA) is 57.8 Å². The Kier molecular flexibility index (Phi) is 3.58. The molecule has 1 aromatic carbocycles. The number of anilines is 1. The number of halogens is 1. The Balaban J connectivity index is 1.85. The van der Waals surface area contributed by atoms with Gasteiger partial charge in [-0.2, -0.15) is 0 Å². The first kappa shape index (κ1) is 13.3. The molecule has 2 N–H and O–H groups in total. The zero-order chi connectivity index (χ0) is 14.1. The molecular weight excluding hydrogens is 338 g/mol. The lowest BCUT2D eigenvalue weighted by Crippen LogP contribution is -2.11. The van der Waals surface area contributed by atoms with Crippen LogP contribution in [0.5, 0.6) is 0 Å². The van der Waals surface area contributed by atoms with Crippen LogP contribution < -0.4 is 5.32 Å². The molecule has 6 heteroatoms. The first-order chi connectivity index (χ1) is 9.65. The van der Waals surface area contributed by atoms with Crippen LogP contribution in [-0.4, -0.2) is 15.9 Å². The summed E-state index contributed by atoms with van der Waals surface area (Å²) in [4.78, 5) is 19.3. The number of carbonyl (C=O) groups excluding carboxylic acids is 1. The van der Waals surface area contributed by atoms with Gasteiger partial charge in [0.25, 0.3) is 5.91 Å². The molecule has 0 aliphatic carbocycles. The van der Waals surface area contributed by atoms with E-state index in [0.717, 1.165) is 21.1 Å². The predicted octanol–water partition coefficient (Wildman–Crippen LogP) is 4.20. The van der Waals surface area contributed by atoms with Gasteiger partial charge < -0.3 is 4.98 Å². The summed E-state index contributed by atoms with van der Waals surface area (Å²) in [6.07, 6.45) is 2.72. The maximum atomic E-state index is 12.0. The second kappa shape index (κ2) is 5.38. The lowest BCUT2D eigenvalue weighted by Gasteiger charge is -1.97. The van der Waals surface area contributed by atoms with Gasteiger partial charge in [0.15, 0.2) is 5.13 Å². The number of amides is 1. The summed E-state index contributed by atoms with van der Waals surface area (Å²) in [6, 6.07) is 7.91. The fourth-order valence-electron chi connectivity index (χ4n) is 1.91. The molecule has 0 unspecified atom stereocenters. The first-order valence-corrected chi connectivity index (χ1v) is 7.81. The van der Waals surface area contributed by atoms with E-state index in [4.69, 9.17) is 0 Å². The molecule has 0 saturated heterocycles. The van der Waals surface area contributed by atoms with Crippen LogP contribution in [0, 0.1) is 0 Å². The van der Waals surface area contributed by atoms with Crippen molar-refractivity contribution < 1.29 is 4.79 Å². The summed E-state index contributed by atoms with van der Waals surface area (Å²) in [6.45, 7) is 2.12.